The number of hydrogen-bond donors (Lipinski definition) is 0. The van der Waals surface area contributed by atoms with Crippen LogP contribution >= 0.6 is 0 Å². The van der Waals surface area contributed by atoms with Gasteiger partial charge >= 0.3 is 0 Å². The Balaban J connectivity index is 1.13. The van der Waals surface area contributed by atoms with Gasteiger partial charge in [-0.3, -0.25) is 9.97 Å². The van der Waals surface area contributed by atoms with E-state index in [1.165, 1.54) is 22.3 Å². The Bertz CT molecular complexity index is 3370. The van der Waals surface area contributed by atoms with Crippen molar-refractivity contribution in [3.8, 4) is 107 Å². The predicted octanol–water partition coefficient (Wildman–Crippen LogP) is 14.8. The SMILES string of the molecule is CC1(C)c2ccc(C#N)cc2-c2ccc(-c3cc(-c4cc(-c5cccnc5)cc(-c5cccnc5)c4)cc(-c4cc(-c5ccc(-c6ccccc6)cc5)nc(-c5ccccc5)n4)c3)cc21. The third kappa shape index (κ3) is 7.48. The Morgan fingerprint density at radius 3 is 1.45 bits per heavy atom. The summed E-state index contributed by atoms with van der Waals surface area (Å²) in [6, 6.07) is 68.3. The van der Waals surface area contributed by atoms with Gasteiger partial charge in [0.05, 0.1) is 23.0 Å². The highest BCUT2D eigenvalue weighted by Gasteiger charge is 2.35. The van der Waals surface area contributed by atoms with Gasteiger partial charge in [0.2, 0.25) is 0 Å². The summed E-state index contributed by atoms with van der Waals surface area (Å²) >= 11 is 0. The van der Waals surface area contributed by atoms with E-state index in [0.29, 0.717) is 11.4 Å². The second-order valence-corrected chi connectivity index (χ2v) is 17.1. The zero-order valence-corrected chi connectivity index (χ0v) is 35.9. The molecule has 0 atom stereocenters. The van der Waals surface area contributed by atoms with Crippen LogP contribution in [-0.4, -0.2) is 19.9 Å². The topological polar surface area (TPSA) is 75.3 Å². The number of nitrogens with zero attached hydrogens (tertiary/aromatic N) is 5. The van der Waals surface area contributed by atoms with E-state index in [1.54, 1.807) is 12.4 Å². The molecule has 5 nitrogen and oxygen atoms in total. The second-order valence-electron chi connectivity index (χ2n) is 17.1. The molecule has 0 aliphatic heterocycles. The number of rotatable bonds is 8. The van der Waals surface area contributed by atoms with Gasteiger partial charge in [-0.25, -0.2) is 9.97 Å². The van der Waals surface area contributed by atoms with E-state index in [1.807, 2.05) is 60.9 Å². The van der Waals surface area contributed by atoms with Gasteiger partial charge in [-0.2, -0.15) is 5.26 Å². The van der Waals surface area contributed by atoms with Crippen molar-refractivity contribution in [1.82, 2.24) is 19.9 Å². The molecule has 0 bridgehead atoms. The van der Waals surface area contributed by atoms with Gasteiger partial charge in [-0.1, -0.05) is 129 Å². The lowest BCUT2D eigenvalue weighted by Gasteiger charge is -2.22. The fourth-order valence-corrected chi connectivity index (χ4v) is 9.23. The molecule has 0 saturated carbocycles. The molecule has 306 valence electrons. The minimum absolute atomic E-state index is 0.256. The van der Waals surface area contributed by atoms with Crippen molar-refractivity contribution in [3.63, 3.8) is 0 Å². The van der Waals surface area contributed by atoms with Crippen LogP contribution in [0.3, 0.4) is 0 Å². The van der Waals surface area contributed by atoms with Gasteiger partial charge < -0.3 is 0 Å². The summed E-state index contributed by atoms with van der Waals surface area (Å²) in [4.78, 5) is 19.5. The first kappa shape index (κ1) is 39.3. The smallest absolute Gasteiger partial charge is 0.160 e. The van der Waals surface area contributed by atoms with E-state index in [9.17, 15) is 5.26 Å². The number of pyridine rings is 2. The number of fused-ring (bicyclic) bond motifs is 3. The zero-order chi connectivity index (χ0) is 43.9. The number of benzene rings is 7. The van der Waals surface area contributed by atoms with Crippen molar-refractivity contribution in [1.29, 1.82) is 5.26 Å². The summed E-state index contributed by atoms with van der Waals surface area (Å²) in [6.45, 7) is 4.55. The monoisotopic (exact) mass is 831 g/mol. The first-order chi connectivity index (χ1) is 31.9. The maximum absolute atomic E-state index is 9.80. The minimum Gasteiger partial charge on any atom is -0.264 e. The average Bonchev–Trinajstić information content (AvgIpc) is 3.61. The molecule has 3 heterocycles. The highest BCUT2D eigenvalue weighted by Crippen LogP contribution is 2.50. The molecule has 7 aromatic carbocycles. The largest absolute Gasteiger partial charge is 0.264 e. The molecule has 1 aliphatic carbocycles. The van der Waals surface area contributed by atoms with E-state index >= 15 is 0 Å². The van der Waals surface area contributed by atoms with Crippen molar-refractivity contribution < 1.29 is 0 Å². The lowest BCUT2D eigenvalue weighted by Crippen LogP contribution is -2.15. The van der Waals surface area contributed by atoms with Crippen molar-refractivity contribution in [2.24, 2.45) is 0 Å². The van der Waals surface area contributed by atoms with E-state index in [4.69, 9.17) is 9.97 Å². The molecule has 65 heavy (non-hydrogen) atoms. The lowest BCUT2D eigenvalue weighted by molar-refractivity contribution is 0.660. The van der Waals surface area contributed by atoms with Gasteiger partial charge in [0.1, 0.15) is 0 Å². The number of hydrogen-bond acceptors (Lipinski definition) is 5. The number of aromatic nitrogens is 4. The molecule has 3 aromatic heterocycles. The fourth-order valence-electron chi connectivity index (χ4n) is 9.23. The normalized spacial score (nSPS) is 12.3. The Kier molecular flexibility index (Phi) is 9.83. The zero-order valence-electron chi connectivity index (χ0n) is 35.9. The summed E-state index contributed by atoms with van der Waals surface area (Å²) < 4.78 is 0. The van der Waals surface area contributed by atoms with Crippen LogP contribution in [0.1, 0.15) is 30.5 Å². The van der Waals surface area contributed by atoms with Crippen molar-refractivity contribution in [2.75, 3.05) is 0 Å². The molecule has 0 amide bonds. The maximum Gasteiger partial charge on any atom is 0.160 e. The predicted molar refractivity (Wildman–Crippen MR) is 263 cm³/mol. The maximum atomic E-state index is 9.80. The second kappa shape index (κ2) is 16.3. The molecule has 5 heteroatoms. The molecule has 0 radical (unpaired) electrons. The highest BCUT2D eigenvalue weighted by atomic mass is 14.9. The van der Waals surface area contributed by atoms with E-state index in [-0.39, 0.29) is 5.41 Å². The Morgan fingerprint density at radius 1 is 0.369 bits per heavy atom. The Morgan fingerprint density at radius 2 is 0.862 bits per heavy atom. The van der Waals surface area contributed by atoms with Crippen LogP contribution in [0.15, 0.2) is 213 Å². The van der Waals surface area contributed by atoms with E-state index in [2.05, 4.69) is 169 Å². The van der Waals surface area contributed by atoms with E-state index in [0.717, 1.165) is 83.7 Å². The minimum atomic E-state index is -0.256. The molecule has 0 saturated heterocycles. The summed E-state index contributed by atoms with van der Waals surface area (Å²) in [5.74, 6) is 0.656. The lowest BCUT2D eigenvalue weighted by atomic mass is 9.81. The summed E-state index contributed by atoms with van der Waals surface area (Å²) in [6.07, 6.45) is 7.44. The van der Waals surface area contributed by atoms with Crippen LogP contribution in [0.4, 0.5) is 0 Å². The molecule has 0 unspecified atom stereocenters. The first-order valence-electron chi connectivity index (χ1n) is 21.8. The van der Waals surface area contributed by atoms with Gasteiger partial charge in [0.25, 0.3) is 0 Å². The average molecular weight is 832 g/mol. The van der Waals surface area contributed by atoms with Crippen LogP contribution in [0.2, 0.25) is 0 Å². The van der Waals surface area contributed by atoms with Crippen LogP contribution in [0.5, 0.6) is 0 Å². The van der Waals surface area contributed by atoms with Gasteiger partial charge in [0.15, 0.2) is 5.82 Å². The molecular formula is C60H41N5. The molecule has 0 fully saturated rings. The highest BCUT2D eigenvalue weighted by molar-refractivity contribution is 5.89. The Labute approximate surface area is 379 Å². The molecule has 10 aromatic rings. The summed E-state index contributed by atoms with van der Waals surface area (Å²) in [5.41, 5.74) is 20.5. The quantitative estimate of drug-likeness (QED) is 0.152. The summed E-state index contributed by atoms with van der Waals surface area (Å²) in [7, 11) is 0. The summed E-state index contributed by atoms with van der Waals surface area (Å²) in [5, 5.41) is 9.80. The third-order valence-corrected chi connectivity index (χ3v) is 12.7. The first-order valence-corrected chi connectivity index (χ1v) is 21.8. The van der Waals surface area contributed by atoms with Crippen LogP contribution in [-0.2, 0) is 5.41 Å². The van der Waals surface area contributed by atoms with Gasteiger partial charge in [-0.05, 0) is 140 Å². The van der Waals surface area contributed by atoms with Gasteiger partial charge in [0, 0.05) is 58.0 Å². The fraction of sp³-hybridized carbons (Fsp3) is 0.0500. The van der Waals surface area contributed by atoms with Crippen molar-refractivity contribution in [3.05, 3.63) is 230 Å². The number of nitriles is 1. The van der Waals surface area contributed by atoms with Crippen LogP contribution in [0, 0.1) is 11.3 Å². The standard InChI is InChI=1S/C60H41N5/c1-60(2)55-24-17-39(36-61)27-54(55)53-23-22-44(34-56(53)60)47-28-51(50-30-48(45-15-9-25-62-37-45)29-49(31-50)46-16-10-26-63-38-46)33-52(32-47)58-35-57(64-59(65-58)43-13-7-4-8-14-43)42-20-18-41(19-21-42)40-11-5-3-6-12-40/h3-35,37-38H,1-2H3. The Hall–Kier alpha value is -8.59. The molecule has 11 rings (SSSR count). The van der Waals surface area contributed by atoms with Crippen LogP contribution in [0.25, 0.3) is 101 Å². The van der Waals surface area contributed by atoms with Gasteiger partial charge in [-0.15, -0.1) is 0 Å². The molecule has 0 spiro atoms. The molecule has 0 N–H and O–H groups in total. The molecular weight excluding hydrogens is 791 g/mol. The third-order valence-electron chi connectivity index (χ3n) is 12.7. The van der Waals surface area contributed by atoms with Crippen molar-refractivity contribution >= 4 is 0 Å². The van der Waals surface area contributed by atoms with Crippen LogP contribution < -0.4 is 0 Å². The van der Waals surface area contributed by atoms with E-state index < -0.39 is 0 Å². The van der Waals surface area contributed by atoms with Crippen molar-refractivity contribution in [2.45, 2.75) is 19.3 Å². The molecule has 1 aliphatic rings.